The Hall–Kier alpha value is -2.91. The van der Waals surface area contributed by atoms with Crippen molar-refractivity contribution in [2.24, 2.45) is 0 Å². The number of amides is 3. The number of aromatic nitrogens is 1. The zero-order valence-electron chi connectivity index (χ0n) is 18.4. The van der Waals surface area contributed by atoms with Gasteiger partial charge in [0.05, 0.1) is 31.7 Å². The molecule has 170 valence electrons. The van der Waals surface area contributed by atoms with Gasteiger partial charge in [0, 0.05) is 13.1 Å². The molecule has 2 aliphatic heterocycles. The molecule has 1 N–H and O–H groups in total. The molecule has 2 saturated heterocycles. The topological polar surface area (TPSA) is 97.1 Å². The van der Waals surface area contributed by atoms with Crippen molar-refractivity contribution in [3.8, 4) is 0 Å². The number of rotatable bonds is 3. The Morgan fingerprint density at radius 2 is 1.66 bits per heavy atom. The summed E-state index contributed by atoms with van der Waals surface area (Å²) in [5.41, 5.74) is 1.83. The van der Waals surface area contributed by atoms with Gasteiger partial charge in [0.25, 0.3) is 0 Å². The Labute approximate surface area is 186 Å². The van der Waals surface area contributed by atoms with Crippen LogP contribution in [0, 0.1) is 13.8 Å². The van der Waals surface area contributed by atoms with Gasteiger partial charge in [-0.05, 0) is 32.3 Å². The summed E-state index contributed by atoms with van der Waals surface area (Å²) in [7, 11) is 0. The second kappa shape index (κ2) is 7.90. The second-order valence-electron chi connectivity index (χ2n) is 8.83. The minimum atomic E-state index is -1.02. The highest BCUT2D eigenvalue weighted by Gasteiger charge is 2.55. The molecule has 3 aliphatic rings. The molecule has 2 aromatic rings. The van der Waals surface area contributed by atoms with E-state index in [0.29, 0.717) is 50.0 Å². The van der Waals surface area contributed by atoms with Crippen LogP contribution in [0.15, 0.2) is 34.9 Å². The van der Waals surface area contributed by atoms with Crippen LogP contribution in [0.4, 0.5) is 10.5 Å². The Kier molecular flexibility index (Phi) is 5.17. The molecular formula is C23H28N4O5. The van der Waals surface area contributed by atoms with Crippen LogP contribution in [0.1, 0.15) is 29.9 Å². The summed E-state index contributed by atoms with van der Waals surface area (Å²) in [5.74, 6) is -0.345. The van der Waals surface area contributed by atoms with Crippen molar-refractivity contribution in [1.82, 2.24) is 15.0 Å². The number of urea groups is 1. The second-order valence-corrected chi connectivity index (χ2v) is 8.83. The minimum absolute atomic E-state index is 0.118. The molecule has 32 heavy (non-hydrogen) atoms. The molecule has 3 heterocycles. The highest BCUT2D eigenvalue weighted by atomic mass is 16.7. The summed E-state index contributed by atoms with van der Waals surface area (Å²) in [6, 6.07) is 9.70. The monoisotopic (exact) mass is 440 g/mol. The van der Waals surface area contributed by atoms with Crippen LogP contribution < -0.4 is 5.32 Å². The van der Waals surface area contributed by atoms with Gasteiger partial charge in [-0.15, -0.1) is 0 Å². The molecule has 3 amide bonds. The molecule has 1 unspecified atom stereocenters. The Morgan fingerprint density at radius 3 is 2.28 bits per heavy atom. The molecule has 9 nitrogen and oxygen atoms in total. The minimum Gasteiger partial charge on any atom is -0.359 e. The third-order valence-corrected chi connectivity index (χ3v) is 6.64. The number of nitrogens with one attached hydrogen (secondary N) is 1. The highest BCUT2D eigenvalue weighted by molar-refractivity contribution is 5.92. The number of nitrogens with zero attached hydrogens (tertiary/aromatic N) is 3. The smallest absolute Gasteiger partial charge is 0.322 e. The Morgan fingerprint density at radius 1 is 1.00 bits per heavy atom. The van der Waals surface area contributed by atoms with Crippen LogP contribution in [-0.2, 0) is 19.7 Å². The molecule has 1 aromatic heterocycles. The number of carbonyl (C=O) groups is 2. The van der Waals surface area contributed by atoms with E-state index in [1.54, 1.807) is 18.7 Å². The van der Waals surface area contributed by atoms with Crippen molar-refractivity contribution in [3.63, 3.8) is 0 Å². The fourth-order valence-electron chi connectivity index (χ4n) is 4.70. The molecular weight excluding hydrogens is 412 g/mol. The lowest BCUT2D eigenvalue weighted by Gasteiger charge is -2.47. The van der Waals surface area contributed by atoms with E-state index in [4.69, 9.17) is 14.0 Å². The first-order valence-corrected chi connectivity index (χ1v) is 11.0. The predicted molar refractivity (Wildman–Crippen MR) is 115 cm³/mol. The number of hydrogen-bond acceptors (Lipinski definition) is 6. The summed E-state index contributed by atoms with van der Waals surface area (Å²) < 4.78 is 17.2. The van der Waals surface area contributed by atoms with E-state index in [1.165, 1.54) is 0 Å². The maximum Gasteiger partial charge on any atom is 0.322 e. The number of ether oxygens (including phenoxy) is 2. The van der Waals surface area contributed by atoms with Crippen LogP contribution in [0.25, 0.3) is 0 Å². The van der Waals surface area contributed by atoms with Gasteiger partial charge >= 0.3 is 6.03 Å². The van der Waals surface area contributed by atoms with E-state index in [-0.39, 0.29) is 18.5 Å². The molecule has 9 heteroatoms. The number of morpholine rings is 2. The van der Waals surface area contributed by atoms with Gasteiger partial charge in [-0.25, -0.2) is 4.79 Å². The van der Waals surface area contributed by atoms with Gasteiger partial charge in [-0.3, -0.25) is 4.79 Å². The zero-order chi connectivity index (χ0) is 22.3. The van der Waals surface area contributed by atoms with Gasteiger partial charge < -0.3 is 29.1 Å². The van der Waals surface area contributed by atoms with Crippen LogP contribution in [0.3, 0.4) is 0 Å². The van der Waals surface area contributed by atoms with Gasteiger partial charge in [0.15, 0.2) is 5.76 Å². The quantitative estimate of drug-likeness (QED) is 0.788. The predicted octanol–water partition coefficient (Wildman–Crippen LogP) is 2.44. The lowest BCUT2D eigenvalue weighted by Crippen LogP contribution is -2.64. The number of benzene rings is 1. The number of carbonyl (C=O) groups excluding carboxylic acids is 2. The van der Waals surface area contributed by atoms with E-state index in [2.05, 4.69) is 10.5 Å². The molecule has 3 fully saturated rings. The number of hydrogen-bond donors (Lipinski definition) is 1. The Bertz CT molecular complexity index is 995. The fourth-order valence-corrected chi connectivity index (χ4v) is 4.70. The van der Waals surface area contributed by atoms with Gasteiger partial charge in [0.1, 0.15) is 11.4 Å². The average Bonchev–Trinajstić information content (AvgIpc) is 3.57. The summed E-state index contributed by atoms with van der Waals surface area (Å²) in [6.07, 6.45) is 1.71. The standard InChI is InChI=1S/C23H28N4O5/c1-16-19(17(2)32-25-16)24-21(29)27-11-13-31-23(15-27)14-26(10-12-30-23)20(28)22(8-9-22)18-6-4-3-5-7-18/h3-7H,8-15H2,1-2H3,(H,24,29). The lowest BCUT2D eigenvalue weighted by molar-refractivity contribution is -0.284. The average molecular weight is 441 g/mol. The molecule has 0 radical (unpaired) electrons. The van der Waals surface area contributed by atoms with E-state index in [1.807, 2.05) is 35.2 Å². The first kappa shape index (κ1) is 21.0. The molecule has 1 saturated carbocycles. The molecule has 0 bridgehead atoms. The van der Waals surface area contributed by atoms with E-state index >= 15 is 0 Å². The zero-order valence-corrected chi connectivity index (χ0v) is 18.4. The fraction of sp³-hybridized carbons (Fsp3) is 0.522. The van der Waals surface area contributed by atoms with Gasteiger partial charge in [0.2, 0.25) is 11.7 Å². The molecule has 1 spiro atoms. The summed E-state index contributed by atoms with van der Waals surface area (Å²) >= 11 is 0. The van der Waals surface area contributed by atoms with Crippen molar-refractivity contribution >= 4 is 17.6 Å². The number of aryl methyl sites for hydroxylation is 2. The summed E-state index contributed by atoms with van der Waals surface area (Å²) in [6.45, 7) is 5.73. The van der Waals surface area contributed by atoms with Crippen LogP contribution in [0.5, 0.6) is 0 Å². The van der Waals surface area contributed by atoms with Crippen molar-refractivity contribution in [2.75, 3.05) is 44.7 Å². The van der Waals surface area contributed by atoms with Crippen molar-refractivity contribution in [2.45, 2.75) is 37.9 Å². The van der Waals surface area contributed by atoms with Crippen molar-refractivity contribution in [3.05, 3.63) is 47.3 Å². The van der Waals surface area contributed by atoms with Crippen molar-refractivity contribution < 1.29 is 23.6 Å². The summed E-state index contributed by atoms with van der Waals surface area (Å²) in [5, 5.41) is 6.76. The first-order chi connectivity index (χ1) is 15.4. The van der Waals surface area contributed by atoms with Gasteiger partial charge in [-0.1, -0.05) is 35.5 Å². The van der Waals surface area contributed by atoms with E-state index in [9.17, 15) is 9.59 Å². The molecule has 1 aromatic carbocycles. The largest absolute Gasteiger partial charge is 0.359 e. The van der Waals surface area contributed by atoms with Crippen LogP contribution in [0.2, 0.25) is 0 Å². The molecule has 1 atom stereocenters. The van der Waals surface area contributed by atoms with Gasteiger partial charge in [-0.2, -0.15) is 0 Å². The van der Waals surface area contributed by atoms with Crippen molar-refractivity contribution in [1.29, 1.82) is 0 Å². The maximum absolute atomic E-state index is 13.5. The maximum atomic E-state index is 13.5. The van der Waals surface area contributed by atoms with E-state index < -0.39 is 11.2 Å². The normalized spacial score (nSPS) is 24.4. The number of anilines is 1. The summed E-state index contributed by atoms with van der Waals surface area (Å²) in [4.78, 5) is 29.9. The molecule has 1 aliphatic carbocycles. The Balaban J connectivity index is 1.29. The third kappa shape index (κ3) is 3.65. The third-order valence-electron chi connectivity index (χ3n) is 6.64. The van der Waals surface area contributed by atoms with Crippen LogP contribution >= 0.6 is 0 Å². The van der Waals surface area contributed by atoms with E-state index in [0.717, 1.165) is 18.4 Å². The molecule has 5 rings (SSSR count). The lowest BCUT2D eigenvalue weighted by atomic mass is 9.94. The van der Waals surface area contributed by atoms with Crippen LogP contribution in [-0.4, -0.2) is 72.1 Å². The highest BCUT2D eigenvalue weighted by Crippen LogP contribution is 2.50. The SMILES string of the molecule is Cc1noc(C)c1NC(=O)N1CCOC2(C1)CN(C(=O)C1(c3ccccc3)CC1)CCO2. The first-order valence-electron chi connectivity index (χ1n) is 11.0.